The first kappa shape index (κ1) is 19.4. The molecule has 0 aliphatic rings. The Morgan fingerprint density at radius 3 is 2.43 bits per heavy atom. The molecule has 0 aliphatic heterocycles. The van der Waals surface area contributed by atoms with E-state index in [-0.39, 0.29) is 18.6 Å². The van der Waals surface area contributed by atoms with Crippen LogP contribution in [0.2, 0.25) is 0 Å². The Hall–Kier alpha value is -1.63. The van der Waals surface area contributed by atoms with Crippen molar-refractivity contribution in [3.63, 3.8) is 0 Å². The molecule has 3 atom stereocenters. The predicted molar refractivity (Wildman–Crippen MR) is 87.0 cm³/mol. The normalized spacial score (nSPS) is 14.8. The van der Waals surface area contributed by atoms with Crippen LogP contribution in [-0.2, 0) is 20.9 Å². The van der Waals surface area contributed by atoms with Crippen molar-refractivity contribution >= 4 is 5.91 Å². The van der Waals surface area contributed by atoms with Gasteiger partial charge in [-0.2, -0.15) is 0 Å². The number of benzene rings is 1. The van der Waals surface area contributed by atoms with Gasteiger partial charge in [0.15, 0.2) is 0 Å². The fourth-order valence-corrected chi connectivity index (χ4v) is 2.14. The molecule has 0 radical (unpaired) electrons. The van der Waals surface area contributed by atoms with E-state index in [9.17, 15) is 9.90 Å². The average molecular weight is 325 g/mol. The van der Waals surface area contributed by atoms with Gasteiger partial charge >= 0.3 is 0 Å². The van der Waals surface area contributed by atoms with Gasteiger partial charge in [-0.05, 0) is 17.7 Å². The van der Waals surface area contributed by atoms with Crippen LogP contribution in [0, 0.1) is 11.8 Å². The summed E-state index contributed by atoms with van der Waals surface area (Å²) in [6.45, 7) is 4.51. The maximum atomic E-state index is 11.8. The Balaban J connectivity index is 2.36. The van der Waals surface area contributed by atoms with Gasteiger partial charge < -0.3 is 24.6 Å². The molecule has 0 aromatic heterocycles. The number of aliphatic hydroxyl groups is 1. The first-order valence-corrected chi connectivity index (χ1v) is 7.65. The molecule has 23 heavy (non-hydrogen) atoms. The third-order valence-electron chi connectivity index (χ3n) is 3.71. The lowest BCUT2D eigenvalue weighted by atomic mass is 9.93. The van der Waals surface area contributed by atoms with Crippen LogP contribution in [0.15, 0.2) is 24.3 Å². The van der Waals surface area contributed by atoms with Crippen molar-refractivity contribution in [2.45, 2.75) is 26.6 Å². The number of rotatable bonds is 10. The van der Waals surface area contributed by atoms with Crippen molar-refractivity contribution in [1.29, 1.82) is 0 Å². The standard InChI is InChI=1S/C17H27NO5/c1-12(16(19)13(2)17(20)18-11-21-3)9-23-10-14-5-7-15(22-4)8-6-14/h5-8,12-13,16,19H,9-11H2,1-4H3,(H,18,20)/t12-,13-,16-/m0/s1. The van der Waals surface area contributed by atoms with E-state index in [1.807, 2.05) is 31.2 Å². The van der Waals surface area contributed by atoms with E-state index >= 15 is 0 Å². The molecular weight excluding hydrogens is 298 g/mol. The van der Waals surface area contributed by atoms with Crippen molar-refractivity contribution in [2.75, 3.05) is 27.6 Å². The Labute approximate surface area is 137 Å². The molecular formula is C17H27NO5. The summed E-state index contributed by atoms with van der Waals surface area (Å²) in [4.78, 5) is 11.8. The molecule has 0 fully saturated rings. The molecule has 6 heteroatoms. The van der Waals surface area contributed by atoms with Gasteiger partial charge in [-0.15, -0.1) is 0 Å². The Morgan fingerprint density at radius 1 is 1.22 bits per heavy atom. The van der Waals surface area contributed by atoms with Crippen LogP contribution in [0.5, 0.6) is 5.75 Å². The summed E-state index contributed by atoms with van der Waals surface area (Å²) in [6.07, 6.45) is -0.775. The largest absolute Gasteiger partial charge is 0.497 e. The molecule has 6 nitrogen and oxygen atoms in total. The number of nitrogens with one attached hydrogen (secondary N) is 1. The number of carbonyl (C=O) groups excluding carboxylic acids is 1. The summed E-state index contributed by atoms with van der Waals surface area (Å²) in [6, 6.07) is 7.61. The lowest BCUT2D eigenvalue weighted by Crippen LogP contribution is -2.40. The summed E-state index contributed by atoms with van der Waals surface area (Å²) >= 11 is 0. The van der Waals surface area contributed by atoms with E-state index in [1.165, 1.54) is 7.11 Å². The minimum Gasteiger partial charge on any atom is -0.497 e. The van der Waals surface area contributed by atoms with E-state index in [1.54, 1.807) is 14.0 Å². The van der Waals surface area contributed by atoms with E-state index in [0.717, 1.165) is 11.3 Å². The van der Waals surface area contributed by atoms with Crippen LogP contribution in [0.1, 0.15) is 19.4 Å². The molecule has 1 rings (SSSR count). The van der Waals surface area contributed by atoms with Crippen LogP contribution >= 0.6 is 0 Å². The summed E-state index contributed by atoms with van der Waals surface area (Å²) in [7, 11) is 3.12. The van der Waals surface area contributed by atoms with Gasteiger partial charge in [0, 0.05) is 13.0 Å². The first-order chi connectivity index (χ1) is 11.0. The smallest absolute Gasteiger partial charge is 0.227 e. The van der Waals surface area contributed by atoms with Gasteiger partial charge in [0.25, 0.3) is 0 Å². The highest BCUT2D eigenvalue weighted by Crippen LogP contribution is 2.16. The topological polar surface area (TPSA) is 77.0 Å². The van der Waals surface area contributed by atoms with Crippen molar-refractivity contribution in [3.8, 4) is 5.75 Å². The van der Waals surface area contributed by atoms with E-state index in [2.05, 4.69) is 5.32 Å². The molecule has 0 saturated carbocycles. The molecule has 130 valence electrons. The maximum absolute atomic E-state index is 11.8. The minimum atomic E-state index is -0.775. The van der Waals surface area contributed by atoms with Gasteiger partial charge in [0.1, 0.15) is 12.5 Å². The van der Waals surface area contributed by atoms with Crippen molar-refractivity contribution in [1.82, 2.24) is 5.32 Å². The highest BCUT2D eigenvalue weighted by Gasteiger charge is 2.26. The minimum absolute atomic E-state index is 0.137. The molecule has 1 aromatic rings. The zero-order chi connectivity index (χ0) is 17.2. The number of ether oxygens (including phenoxy) is 3. The quantitative estimate of drug-likeness (QED) is 0.639. The van der Waals surface area contributed by atoms with Gasteiger partial charge in [0.05, 0.1) is 32.3 Å². The molecule has 0 unspecified atom stereocenters. The van der Waals surface area contributed by atoms with Crippen molar-refractivity contribution in [2.24, 2.45) is 11.8 Å². The van der Waals surface area contributed by atoms with Crippen molar-refractivity contribution in [3.05, 3.63) is 29.8 Å². The zero-order valence-electron chi connectivity index (χ0n) is 14.2. The number of aliphatic hydroxyl groups excluding tert-OH is 1. The Bertz CT molecular complexity index is 463. The molecule has 2 N–H and O–H groups in total. The highest BCUT2D eigenvalue weighted by atomic mass is 16.5. The molecule has 0 heterocycles. The molecule has 0 aliphatic carbocycles. The van der Waals surface area contributed by atoms with Gasteiger partial charge in [-0.3, -0.25) is 4.79 Å². The fourth-order valence-electron chi connectivity index (χ4n) is 2.14. The second kappa shape index (κ2) is 10.2. The number of carbonyl (C=O) groups is 1. The first-order valence-electron chi connectivity index (χ1n) is 7.65. The molecule has 1 aromatic carbocycles. The van der Waals surface area contributed by atoms with Crippen LogP contribution in [0.25, 0.3) is 0 Å². The lowest BCUT2D eigenvalue weighted by Gasteiger charge is -2.24. The van der Waals surface area contributed by atoms with E-state index < -0.39 is 12.0 Å². The zero-order valence-corrected chi connectivity index (χ0v) is 14.2. The third kappa shape index (κ3) is 6.56. The SMILES string of the molecule is COCNC(=O)[C@@H](C)[C@@H](O)[C@@H](C)COCc1ccc(OC)cc1. The lowest BCUT2D eigenvalue weighted by molar-refractivity contribution is -0.131. The molecule has 0 saturated heterocycles. The fraction of sp³-hybridized carbons (Fsp3) is 0.588. The van der Waals surface area contributed by atoms with Gasteiger partial charge in [-0.25, -0.2) is 0 Å². The molecule has 0 spiro atoms. The van der Waals surface area contributed by atoms with Crippen LogP contribution in [-0.4, -0.2) is 44.7 Å². The maximum Gasteiger partial charge on any atom is 0.227 e. The average Bonchev–Trinajstić information content (AvgIpc) is 2.58. The third-order valence-corrected chi connectivity index (χ3v) is 3.71. The Morgan fingerprint density at radius 2 is 1.87 bits per heavy atom. The summed E-state index contributed by atoms with van der Waals surface area (Å²) in [5.41, 5.74) is 1.03. The van der Waals surface area contributed by atoms with Crippen LogP contribution in [0.4, 0.5) is 0 Å². The number of hydrogen-bond donors (Lipinski definition) is 2. The summed E-state index contributed by atoms with van der Waals surface area (Å²) in [5.74, 6) is -0.115. The van der Waals surface area contributed by atoms with E-state index in [4.69, 9.17) is 14.2 Å². The Kier molecular flexibility index (Phi) is 8.61. The van der Waals surface area contributed by atoms with Gasteiger partial charge in [0.2, 0.25) is 5.91 Å². The second-order valence-corrected chi connectivity index (χ2v) is 5.59. The van der Waals surface area contributed by atoms with Gasteiger partial charge in [-0.1, -0.05) is 26.0 Å². The van der Waals surface area contributed by atoms with Crippen LogP contribution in [0.3, 0.4) is 0 Å². The van der Waals surface area contributed by atoms with E-state index in [0.29, 0.717) is 13.2 Å². The predicted octanol–water partition coefficient (Wildman–Crippen LogP) is 1.56. The van der Waals surface area contributed by atoms with Crippen LogP contribution < -0.4 is 10.1 Å². The van der Waals surface area contributed by atoms with Crippen molar-refractivity contribution < 1.29 is 24.1 Å². The summed E-state index contributed by atoms with van der Waals surface area (Å²) < 4.78 is 15.5. The molecule has 1 amide bonds. The second-order valence-electron chi connectivity index (χ2n) is 5.59. The molecule has 0 bridgehead atoms. The number of methoxy groups -OCH3 is 2. The monoisotopic (exact) mass is 325 g/mol. The summed E-state index contributed by atoms with van der Waals surface area (Å²) in [5, 5.41) is 12.8. The number of amides is 1. The highest BCUT2D eigenvalue weighted by molar-refractivity contribution is 5.78. The number of hydrogen-bond acceptors (Lipinski definition) is 5.